The average Bonchev–Trinajstić information content (AvgIpc) is 2.88. The van der Waals surface area contributed by atoms with E-state index < -0.39 is 0 Å². The lowest BCUT2D eigenvalue weighted by Crippen LogP contribution is -1.97. The average molecular weight is 377 g/mol. The number of nitrogens with zero attached hydrogens (tertiary/aromatic N) is 3. The number of benzene rings is 2. The van der Waals surface area contributed by atoms with Gasteiger partial charge in [0.2, 0.25) is 4.77 Å². The zero-order valence-electron chi connectivity index (χ0n) is 11.2. The Morgan fingerprint density at radius 1 is 1.18 bits per heavy atom. The van der Waals surface area contributed by atoms with Crippen LogP contribution >= 0.6 is 28.1 Å². The number of hydrogen-bond donors (Lipinski definition) is 1. The van der Waals surface area contributed by atoms with Gasteiger partial charge in [-0.3, -0.25) is 0 Å². The van der Waals surface area contributed by atoms with E-state index in [1.54, 1.807) is 24.4 Å². The van der Waals surface area contributed by atoms with E-state index in [-0.39, 0.29) is 5.82 Å². The van der Waals surface area contributed by atoms with Gasteiger partial charge < -0.3 is 0 Å². The second kappa shape index (κ2) is 6.33. The number of halogens is 2. The van der Waals surface area contributed by atoms with Crippen molar-refractivity contribution >= 4 is 34.4 Å². The van der Waals surface area contributed by atoms with Gasteiger partial charge in [-0.25, -0.2) is 9.49 Å². The molecular weight excluding hydrogens is 367 g/mol. The maximum Gasteiger partial charge on any atom is 0.216 e. The van der Waals surface area contributed by atoms with Crippen LogP contribution in [0, 0.1) is 10.6 Å². The van der Waals surface area contributed by atoms with Crippen LogP contribution in [0.25, 0.3) is 11.4 Å². The van der Waals surface area contributed by atoms with Crippen molar-refractivity contribution in [3.05, 3.63) is 69.2 Å². The van der Waals surface area contributed by atoms with Crippen molar-refractivity contribution in [2.24, 2.45) is 5.10 Å². The van der Waals surface area contributed by atoms with Crippen molar-refractivity contribution in [3.63, 3.8) is 0 Å². The van der Waals surface area contributed by atoms with E-state index in [1.165, 1.54) is 10.7 Å². The highest BCUT2D eigenvalue weighted by Gasteiger charge is 2.12. The third-order valence-electron chi connectivity index (χ3n) is 2.98. The minimum absolute atomic E-state index is 0.293. The van der Waals surface area contributed by atoms with Gasteiger partial charge in [0.15, 0.2) is 5.82 Å². The summed E-state index contributed by atoms with van der Waals surface area (Å²) in [6, 6.07) is 14.0. The second-order valence-electron chi connectivity index (χ2n) is 4.41. The van der Waals surface area contributed by atoms with E-state index in [0.29, 0.717) is 16.2 Å². The van der Waals surface area contributed by atoms with Crippen LogP contribution in [0.5, 0.6) is 0 Å². The molecule has 7 heteroatoms. The predicted octanol–water partition coefficient (Wildman–Crippen LogP) is 4.39. The molecule has 1 N–H and O–H groups in total. The van der Waals surface area contributed by atoms with Gasteiger partial charge in [-0.05, 0) is 30.4 Å². The molecule has 0 saturated carbocycles. The number of nitrogens with one attached hydrogen (secondary N) is 1. The molecule has 0 radical (unpaired) electrons. The highest BCUT2D eigenvalue weighted by Crippen LogP contribution is 2.21. The summed E-state index contributed by atoms with van der Waals surface area (Å²) in [5, 5.41) is 11.0. The number of hydrogen-bond acceptors (Lipinski definition) is 3. The van der Waals surface area contributed by atoms with Crippen LogP contribution in [0.15, 0.2) is 58.1 Å². The first-order chi connectivity index (χ1) is 10.7. The molecule has 3 rings (SSSR count). The summed E-state index contributed by atoms with van der Waals surface area (Å²) >= 11 is 8.61. The Morgan fingerprint density at radius 3 is 2.68 bits per heavy atom. The molecule has 2 aromatic carbocycles. The van der Waals surface area contributed by atoms with Crippen LogP contribution in [0.4, 0.5) is 4.39 Å². The third-order valence-corrected chi connectivity index (χ3v) is 3.97. The Morgan fingerprint density at radius 2 is 1.91 bits per heavy atom. The zero-order valence-corrected chi connectivity index (χ0v) is 13.6. The molecule has 22 heavy (non-hydrogen) atoms. The molecule has 1 aromatic heterocycles. The van der Waals surface area contributed by atoms with Gasteiger partial charge in [0.25, 0.3) is 0 Å². The zero-order chi connectivity index (χ0) is 15.5. The molecule has 110 valence electrons. The molecule has 0 bridgehead atoms. The normalized spacial score (nSPS) is 11.2. The lowest BCUT2D eigenvalue weighted by atomic mass is 10.2. The van der Waals surface area contributed by atoms with Gasteiger partial charge in [-0.1, -0.05) is 46.3 Å². The van der Waals surface area contributed by atoms with Crippen LogP contribution in [0.3, 0.4) is 0 Å². The monoisotopic (exact) mass is 376 g/mol. The third kappa shape index (κ3) is 2.90. The first kappa shape index (κ1) is 14.8. The van der Waals surface area contributed by atoms with Crippen LogP contribution in [0.1, 0.15) is 5.56 Å². The minimum atomic E-state index is -0.381. The van der Waals surface area contributed by atoms with Gasteiger partial charge in [0, 0.05) is 10.0 Å². The number of rotatable bonds is 3. The van der Waals surface area contributed by atoms with Crippen LogP contribution in [0.2, 0.25) is 0 Å². The molecule has 4 nitrogen and oxygen atoms in total. The number of H-pyrrole nitrogens is 1. The van der Waals surface area contributed by atoms with E-state index in [9.17, 15) is 4.39 Å². The summed E-state index contributed by atoms with van der Waals surface area (Å²) in [7, 11) is 0. The van der Waals surface area contributed by atoms with Gasteiger partial charge in [-0.2, -0.15) is 14.9 Å². The van der Waals surface area contributed by atoms with E-state index in [2.05, 4.69) is 31.2 Å². The number of aromatic nitrogens is 3. The number of aromatic amines is 1. The van der Waals surface area contributed by atoms with Crippen LogP contribution in [-0.2, 0) is 0 Å². The molecule has 3 aromatic rings. The lowest BCUT2D eigenvalue weighted by molar-refractivity contribution is 0.628. The van der Waals surface area contributed by atoms with Crippen molar-refractivity contribution in [1.82, 2.24) is 14.9 Å². The highest BCUT2D eigenvalue weighted by atomic mass is 79.9. The lowest BCUT2D eigenvalue weighted by Gasteiger charge is -2.02. The molecule has 0 unspecified atom stereocenters. The Bertz CT molecular complexity index is 900. The summed E-state index contributed by atoms with van der Waals surface area (Å²) < 4.78 is 16.5. The molecule has 1 heterocycles. The first-order valence-corrected chi connectivity index (χ1v) is 7.58. The topological polar surface area (TPSA) is 46.0 Å². The van der Waals surface area contributed by atoms with Gasteiger partial charge in [-0.15, -0.1) is 0 Å². The van der Waals surface area contributed by atoms with Crippen molar-refractivity contribution < 1.29 is 4.39 Å². The van der Waals surface area contributed by atoms with E-state index >= 15 is 0 Å². The fourth-order valence-electron chi connectivity index (χ4n) is 1.92. The van der Waals surface area contributed by atoms with Crippen molar-refractivity contribution in [1.29, 1.82) is 0 Å². The van der Waals surface area contributed by atoms with Gasteiger partial charge in [0.1, 0.15) is 5.82 Å². The minimum Gasteiger partial charge on any atom is -0.250 e. The van der Waals surface area contributed by atoms with Crippen LogP contribution in [-0.4, -0.2) is 21.1 Å². The van der Waals surface area contributed by atoms with Crippen molar-refractivity contribution in [3.8, 4) is 11.4 Å². The SMILES string of the molecule is Fc1ccccc1-c1n[nH]c(=S)n1/N=C/c1ccccc1Br. The van der Waals surface area contributed by atoms with E-state index in [4.69, 9.17) is 12.2 Å². The molecule has 0 fully saturated rings. The van der Waals surface area contributed by atoms with Gasteiger partial charge in [0.05, 0.1) is 11.8 Å². The Hall–Kier alpha value is -2.12. The van der Waals surface area contributed by atoms with Crippen molar-refractivity contribution in [2.45, 2.75) is 0 Å². The molecule has 0 aliphatic heterocycles. The highest BCUT2D eigenvalue weighted by molar-refractivity contribution is 9.10. The molecule has 0 spiro atoms. The largest absolute Gasteiger partial charge is 0.250 e. The maximum absolute atomic E-state index is 13.9. The summed E-state index contributed by atoms with van der Waals surface area (Å²) in [4.78, 5) is 0. The quantitative estimate of drug-likeness (QED) is 0.544. The molecule has 0 saturated heterocycles. The summed E-state index contributed by atoms with van der Waals surface area (Å²) in [5.41, 5.74) is 1.21. The fraction of sp³-hybridized carbons (Fsp3) is 0. The molecular formula is C15H10BrFN4S. The second-order valence-corrected chi connectivity index (χ2v) is 5.65. The van der Waals surface area contributed by atoms with E-state index in [0.717, 1.165) is 10.0 Å². The summed E-state index contributed by atoms with van der Waals surface area (Å²) in [5.74, 6) is -0.0553. The first-order valence-electron chi connectivity index (χ1n) is 6.38. The summed E-state index contributed by atoms with van der Waals surface area (Å²) in [6.45, 7) is 0. The molecule has 0 amide bonds. The van der Waals surface area contributed by atoms with Crippen molar-refractivity contribution in [2.75, 3.05) is 0 Å². The standard InChI is InChI=1S/C15H10BrFN4S/c16-12-7-3-1-5-10(12)9-18-21-14(19-20-15(21)22)11-6-2-4-8-13(11)17/h1-9H,(H,20,22)/b18-9+. The summed E-state index contributed by atoms with van der Waals surface area (Å²) in [6.07, 6.45) is 1.64. The maximum atomic E-state index is 13.9. The smallest absolute Gasteiger partial charge is 0.216 e. The Kier molecular flexibility index (Phi) is 4.26. The van der Waals surface area contributed by atoms with Gasteiger partial charge >= 0.3 is 0 Å². The predicted molar refractivity (Wildman–Crippen MR) is 89.9 cm³/mol. The molecule has 0 atom stereocenters. The van der Waals surface area contributed by atoms with E-state index in [1.807, 2.05) is 24.3 Å². The Balaban J connectivity index is 2.06. The molecule has 0 aliphatic rings. The fourth-order valence-corrected chi connectivity index (χ4v) is 2.48. The van der Waals surface area contributed by atoms with Crippen LogP contribution < -0.4 is 0 Å². The molecule has 0 aliphatic carbocycles. The Labute approximate surface area is 139 Å².